The number of imidazole rings is 1. The number of nitrogens with two attached hydrogens (primary N) is 1. The molecule has 0 aliphatic carbocycles. The van der Waals surface area contributed by atoms with Gasteiger partial charge in [0.15, 0.2) is 0 Å². The molecule has 6 nitrogen and oxygen atoms in total. The van der Waals surface area contributed by atoms with Crippen LogP contribution in [0.3, 0.4) is 0 Å². The zero-order valence-electron chi connectivity index (χ0n) is 9.23. The van der Waals surface area contributed by atoms with Crippen LogP contribution in [-0.4, -0.2) is 21.0 Å². The van der Waals surface area contributed by atoms with Gasteiger partial charge in [0.05, 0.1) is 17.0 Å². The van der Waals surface area contributed by atoms with Crippen LogP contribution in [0.15, 0.2) is 23.0 Å². The van der Waals surface area contributed by atoms with Gasteiger partial charge >= 0.3 is 11.7 Å². The lowest BCUT2D eigenvalue weighted by Crippen LogP contribution is -2.25. The summed E-state index contributed by atoms with van der Waals surface area (Å²) in [6.45, 7) is 1.55. The summed E-state index contributed by atoms with van der Waals surface area (Å²) in [5.41, 5.74) is 7.54. The van der Waals surface area contributed by atoms with Gasteiger partial charge in [-0.05, 0) is 17.7 Å². The molecule has 0 saturated carbocycles. The van der Waals surface area contributed by atoms with Crippen molar-refractivity contribution in [3.63, 3.8) is 0 Å². The van der Waals surface area contributed by atoms with Crippen LogP contribution in [0.25, 0.3) is 11.0 Å². The summed E-state index contributed by atoms with van der Waals surface area (Å²) in [4.78, 5) is 27.1. The highest BCUT2D eigenvalue weighted by Crippen LogP contribution is 2.21. The molecule has 0 saturated heterocycles. The highest BCUT2D eigenvalue weighted by molar-refractivity contribution is 5.76. The number of carboxylic acids is 1. The van der Waals surface area contributed by atoms with Crippen molar-refractivity contribution in [1.29, 1.82) is 0 Å². The summed E-state index contributed by atoms with van der Waals surface area (Å²) in [6, 6.07) is 4.51. The van der Waals surface area contributed by atoms with Crippen LogP contribution in [0.5, 0.6) is 0 Å². The Kier molecular flexibility index (Phi) is 2.72. The largest absolute Gasteiger partial charge is 0.481 e. The molecule has 1 heterocycles. The molecule has 1 aromatic carbocycles. The van der Waals surface area contributed by atoms with E-state index < -0.39 is 17.9 Å². The van der Waals surface area contributed by atoms with Gasteiger partial charge in [0, 0.05) is 6.04 Å². The van der Waals surface area contributed by atoms with E-state index in [1.807, 2.05) is 0 Å². The molecule has 0 amide bonds. The number of aliphatic carboxylic acids is 1. The van der Waals surface area contributed by atoms with Gasteiger partial charge in [0.25, 0.3) is 0 Å². The van der Waals surface area contributed by atoms with Gasteiger partial charge < -0.3 is 20.8 Å². The van der Waals surface area contributed by atoms with Crippen LogP contribution in [0.4, 0.5) is 0 Å². The Hall–Kier alpha value is -2.08. The van der Waals surface area contributed by atoms with Crippen molar-refractivity contribution in [1.82, 2.24) is 9.97 Å². The number of rotatable bonds is 3. The van der Waals surface area contributed by atoms with Gasteiger partial charge in [-0.3, -0.25) is 4.79 Å². The lowest BCUT2D eigenvalue weighted by atomic mass is 9.95. The van der Waals surface area contributed by atoms with Crippen molar-refractivity contribution < 1.29 is 9.90 Å². The number of H-pyrrole nitrogens is 2. The quantitative estimate of drug-likeness (QED) is 0.623. The molecule has 6 heteroatoms. The molecule has 0 radical (unpaired) electrons. The first-order valence-corrected chi connectivity index (χ1v) is 5.19. The van der Waals surface area contributed by atoms with Gasteiger partial charge in [-0.1, -0.05) is 13.0 Å². The number of aromatic amines is 2. The predicted molar refractivity (Wildman–Crippen MR) is 62.6 cm³/mol. The molecule has 90 valence electrons. The maximum absolute atomic E-state index is 11.1. The summed E-state index contributed by atoms with van der Waals surface area (Å²) in [5.74, 6) is -1.63. The molecule has 2 atom stereocenters. The van der Waals surface area contributed by atoms with E-state index in [4.69, 9.17) is 10.8 Å². The van der Waals surface area contributed by atoms with E-state index in [9.17, 15) is 9.59 Å². The standard InChI is InChI=1S/C11H13N3O3/c1-5(10(15)16)9(12)6-2-3-7-8(4-6)14-11(17)13-7/h2-5,9H,12H2,1H3,(H,15,16)(H2,13,14,17). The smallest absolute Gasteiger partial charge is 0.323 e. The van der Waals surface area contributed by atoms with Crippen LogP contribution in [-0.2, 0) is 4.79 Å². The first kappa shape index (κ1) is 11.4. The molecule has 5 N–H and O–H groups in total. The Labute approximate surface area is 96.5 Å². The molecule has 2 unspecified atom stereocenters. The Morgan fingerprint density at radius 2 is 2.00 bits per heavy atom. The fourth-order valence-corrected chi connectivity index (χ4v) is 1.70. The monoisotopic (exact) mass is 235 g/mol. The minimum atomic E-state index is -0.944. The minimum Gasteiger partial charge on any atom is -0.481 e. The van der Waals surface area contributed by atoms with Crippen LogP contribution < -0.4 is 11.4 Å². The fraction of sp³-hybridized carbons (Fsp3) is 0.273. The zero-order chi connectivity index (χ0) is 12.6. The number of fused-ring (bicyclic) bond motifs is 1. The highest BCUT2D eigenvalue weighted by Gasteiger charge is 2.21. The van der Waals surface area contributed by atoms with Crippen molar-refractivity contribution in [2.24, 2.45) is 11.7 Å². The number of aromatic nitrogens is 2. The van der Waals surface area contributed by atoms with E-state index in [1.54, 1.807) is 25.1 Å². The van der Waals surface area contributed by atoms with Gasteiger partial charge in [0.2, 0.25) is 0 Å². The van der Waals surface area contributed by atoms with Gasteiger partial charge in [0.1, 0.15) is 0 Å². The Morgan fingerprint density at radius 1 is 1.35 bits per heavy atom. The first-order chi connectivity index (χ1) is 7.99. The van der Waals surface area contributed by atoms with Crippen molar-refractivity contribution in [2.75, 3.05) is 0 Å². The summed E-state index contributed by atoms with van der Waals surface area (Å²) < 4.78 is 0. The second-order valence-electron chi connectivity index (χ2n) is 4.04. The Balaban J connectivity index is 2.42. The van der Waals surface area contributed by atoms with Crippen LogP contribution in [0.2, 0.25) is 0 Å². The van der Waals surface area contributed by atoms with Gasteiger partial charge in [-0.2, -0.15) is 0 Å². The first-order valence-electron chi connectivity index (χ1n) is 5.19. The number of benzene rings is 1. The zero-order valence-corrected chi connectivity index (χ0v) is 9.23. The number of hydrogen-bond donors (Lipinski definition) is 4. The summed E-state index contributed by atoms with van der Waals surface area (Å²) >= 11 is 0. The Morgan fingerprint density at radius 3 is 2.65 bits per heavy atom. The molecule has 2 rings (SSSR count). The average Bonchev–Trinajstić information content (AvgIpc) is 2.65. The van der Waals surface area contributed by atoms with E-state index in [0.717, 1.165) is 0 Å². The van der Waals surface area contributed by atoms with Crippen LogP contribution in [0, 0.1) is 5.92 Å². The number of hydrogen-bond acceptors (Lipinski definition) is 3. The number of nitrogens with one attached hydrogen (secondary N) is 2. The second kappa shape index (κ2) is 4.06. The predicted octanol–water partition coefficient (Wildman–Crippen LogP) is 0.577. The minimum absolute atomic E-state index is 0.294. The molecular weight excluding hydrogens is 222 g/mol. The third-order valence-electron chi connectivity index (χ3n) is 2.85. The molecule has 0 aliphatic rings. The summed E-state index contributed by atoms with van der Waals surface area (Å²) in [6.07, 6.45) is 0. The third kappa shape index (κ3) is 2.07. The second-order valence-corrected chi connectivity index (χ2v) is 4.04. The van der Waals surface area contributed by atoms with Crippen molar-refractivity contribution in [2.45, 2.75) is 13.0 Å². The normalized spacial score (nSPS) is 14.7. The van der Waals surface area contributed by atoms with E-state index in [1.165, 1.54) is 0 Å². The van der Waals surface area contributed by atoms with Crippen LogP contribution >= 0.6 is 0 Å². The van der Waals surface area contributed by atoms with Crippen molar-refractivity contribution >= 4 is 17.0 Å². The summed E-state index contributed by atoms with van der Waals surface area (Å²) in [7, 11) is 0. The average molecular weight is 235 g/mol. The number of carboxylic acid groups (broad SMARTS) is 1. The SMILES string of the molecule is CC(C(=O)O)C(N)c1ccc2[nH]c(=O)[nH]c2c1. The van der Waals surface area contributed by atoms with Gasteiger partial charge in [-0.15, -0.1) is 0 Å². The van der Waals surface area contributed by atoms with E-state index >= 15 is 0 Å². The fourth-order valence-electron chi connectivity index (χ4n) is 1.70. The maximum Gasteiger partial charge on any atom is 0.323 e. The van der Waals surface area contributed by atoms with Crippen LogP contribution in [0.1, 0.15) is 18.5 Å². The molecule has 0 bridgehead atoms. The third-order valence-corrected chi connectivity index (χ3v) is 2.85. The molecule has 0 aliphatic heterocycles. The number of carbonyl (C=O) groups is 1. The molecule has 0 fully saturated rings. The molecule has 1 aromatic heterocycles. The molecular formula is C11H13N3O3. The lowest BCUT2D eigenvalue weighted by molar-refractivity contribution is -0.141. The maximum atomic E-state index is 11.1. The topological polar surface area (TPSA) is 112 Å². The molecule has 17 heavy (non-hydrogen) atoms. The van der Waals surface area contributed by atoms with Gasteiger partial charge in [-0.25, -0.2) is 4.79 Å². The van der Waals surface area contributed by atoms with Crippen molar-refractivity contribution in [3.8, 4) is 0 Å². The molecule has 0 spiro atoms. The highest BCUT2D eigenvalue weighted by atomic mass is 16.4. The lowest BCUT2D eigenvalue weighted by Gasteiger charge is -2.16. The molecule has 2 aromatic rings. The Bertz CT molecular complexity index is 614. The van der Waals surface area contributed by atoms with E-state index in [2.05, 4.69) is 9.97 Å². The van der Waals surface area contributed by atoms with E-state index in [-0.39, 0.29) is 5.69 Å². The van der Waals surface area contributed by atoms with E-state index in [0.29, 0.717) is 16.6 Å². The summed E-state index contributed by atoms with van der Waals surface area (Å²) in [5, 5.41) is 8.89. The van der Waals surface area contributed by atoms with Crippen molar-refractivity contribution in [3.05, 3.63) is 34.2 Å².